The van der Waals surface area contributed by atoms with Crippen molar-refractivity contribution >= 4 is 39.2 Å². The minimum atomic E-state index is -0.0384. The number of H-pyrrole nitrogens is 1. The second-order valence-corrected chi connectivity index (χ2v) is 10.7. The SMILES string of the molecule is CC(c1ccc(-n2cncn2)cc1)N(C)C(=O)CCSCc1nc2sc3c(c2c(=O)[nH]1)CCC3. The van der Waals surface area contributed by atoms with Gasteiger partial charge in [0, 0.05) is 24.1 Å². The number of aryl methyl sites for hydroxylation is 2. The summed E-state index contributed by atoms with van der Waals surface area (Å²) in [5, 5.41) is 4.92. The molecule has 1 unspecified atom stereocenters. The molecule has 10 heteroatoms. The molecular formula is C24H26N6O2S2. The Labute approximate surface area is 205 Å². The van der Waals surface area contributed by atoms with Crippen LogP contribution >= 0.6 is 23.1 Å². The summed E-state index contributed by atoms with van der Waals surface area (Å²) in [4.78, 5) is 40.9. The fraction of sp³-hybridized carbons (Fsp3) is 0.375. The molecule has 176 valence electrons. The van der Waals surface area contributed by atoms with Crippen molar-refractivity contribution in [2.45, 2.75) is 44.4 Å². The van der Waals surface area contributed by atoms with Crippen molar-refractivity contribution in [3.05, 3.63) is 69.1 Å². The highest BCUT2D eigenvalue weighted by Crippen LogP contribution is 2.34. The van der Waals surface area contributed by atoms with Crippen LogP contribution in [0, 0.1) is 0 Å². The summed E-state index contributed by atoms with van der Waals surface area (Å²) in [5.41, 5.74) is 3.16. The molecule has 0 radical (unpaired) electrons. The van der Waals surface area contributed by atoms with Crippen LogP contribution in [0.2, 0.25) is 0 Å². The highest BCUT2D eigenvalue weighted by atomic mass is 32.2. The molecule has 1 amide bonds. The third-order valence-corrected chi connectivity index (χ3v) is 8.51. The van der Waals surface area contributed by atoms with Crippen LogP contribution in [-0.2, 0) is 23.4 Å². The van der Waals surface area contributed by atoms with Crippen molar-refractivity contribution in [3.8, 4) is 5.69 Å². The number of carbonyl (C=O) groups is 1. The van der Waals surface area contributed by atoms with E-state index in [4.69, 9.17) is 0 Å². The lowest BCUT2D eigenvalue weighted by Gasteiger charge is -2.25. The van der Waals surface area contributed by atoms with Crippen LogP contribution in [0.4, 0.5) is 0 Å². The van der Waals surface area contributed by atoms with Gasteiger partial charge in [0.1, 0.15) is 23.3 Å². The Morgan fingerprint density at radius 2 is 2.12 bits per heavy atom. The molecular weight excluding hydrogens is 468 g/mol. The molecule has 0 bridgehead atoms. The number of fused-ring (bicyclic) bond motifs is 3. The Morgan fingerprint density at radius 1 is 1.29 bits per heavy atom. The van der Waals surface area contributed by atoms with Gasteiger partial charge < -0.3 is 9.88 Å². The first-order valence-corrected chi connectivity index (χ1v) is 13.3. The first-order valence-electron chi connectivity index (χ1n) is 11.3. The largest absolute Gasteiger partial charge is 0.339 e. The van der Waals surface area contributed by atoms with Crippen LogP contribution in [0.15, 0.2) is 41.7 Å². The molecule has 0 spiro atoms. The molecule has 1 aromatic carbocycles. The van der Waals surface area contributed by atoms with Crippen LogP contribution in [0.3, 0.4) is 0 Å². The van der Waals surface area contributed by atoms with Crippen LogP contribution in [-0.4, -0.2) is 48.3 Å². The molecule has 0 fully saturated rings. The maximum atomic E-state index is 12.7. The fourth-order valence-electron chi connectivity index (χ4n) is 4.31. The highest BCUT2D eigenvalue weighted by Gasteiger charge is 2.21. The van der Waals surface area contributed by atoms with E-state index >= 15 is 0 Å². The minimum absolute atomic E-state index is 0.0283. The minimum Gasteiger partial charge on any atom is -0.339 e. The van der Waals surface area contributed by atoms with E-state index in [1.807, 2.05) is 38.2 Å². The summed E-state index contributed by atoms with van der Waals surface area (Å²) in [6, 6.07) is 7.93. The van der Waals surface area contributed by atoms with Crippen molar-refractivity contribution in [3.63, 3.8) is 0 Å². The van der Waals surface area contributed by atoms with Gasteiger partial charge in [0.2, 0.25) is 5.91 Å². The lowest BCUT2D eigenvalue weighted by Crippen LogP contribution is -2.29. The second-order valence-electron chi connectivity index (χ2n) is 8.46. The molecule has 4 aromatic rings. The molecule has 1 aliphatic carbocycles. The third-order valence-electron chi connectivity index (χ3n) is 6.36. The van der Waals surface area contributed by atoms with E-state index in [1.54, 1.807) is 39.0 Å². The van der Waals surface area contributed by atoms with E-state index in [0.29, 0.717) is 23.8 Å². The molecule has 3 heterocycles. The zero-order valence-electron chi connectivity index (χ0n) is 19.2. The fourth-order valence-corrected chi connectivity index (χ4v) is 6.38. The Morgan fingerprint density at radius 3 is 2.88 bits per heavy atom. The van der Waals surface area contributed by atoms with Crippen molar-refractivity contribution < 1.29 is 4.79 Å². The smallest absolute Gasteiger partial charge is 0.259 e. The van der Waals surface area contributed by atoms with Gasteiger partial charge in [0.15, 0.2) is 0 Å². The summed E-state index contributed by atoms with van der Waals surface area (Å²) in [7, 11) is 1.84. The van der Waals surface area contributed by atoms with E-state index < -0.39 is 0 Å². The van der Waals surface area contributed by atoms with Gasteiger partial charge in [-0.3, -0.25) is 9.59 Å². The normalized spacial score (nSPS) is 13.8. The molecule has 8 nitrogen and oxygen atoms in total. The number of amides is 1. The topological polar surface area (TPSA) is 96.8 Å². The number of thiophene rings is 1. The van der Waals surface area contributed by atoms with Crippen molar-refractivity contribution in [2.75, 3.05) is 12.8 Å². The maximum absolute atomic E-state index is 12.7. The summed E-state index contributed by atoms with van der Waals surface area (Å²) in [6.07, 6.45) is 6.75. The van der Waals surface area contributed by atoms with Gasteiger partial charge in [-0.1, -0.05) is 12.1 Å². The standard InChI is InChI=1S/C24H26N6O2S2/c1-15(16-6-8-17(9-7-16)30-14-25-13-26-30)29(2)21(31)10-11-33-12-20-27-23(32)22-18-4-3-5-19(18)34-24(22)28-20/h6-9,13-15H,3-5,10-12H2,1-2H3,(H,27,28,32). The van der Waals surface area contributed by atoms with E-state index in [0.717, 1.165) is 40.7 Å². The Bertz CT molecular complexity index is 1360. The third kappa shape index (κ3) is 4.52. The molecule has 34 heavy (non-hydrogen) atoms. The zero-order valence-corrected chi connectivity index (χ0v) is 20.8. The number of thioether (sulfide) groups is 1. The van der Waals surface area contributed by atoms with E-state index in [-0.39, 0.29) is 17.5 Å². The van der Waals surface area contributed by atoms with Crippen molar-refractivity contribution in [1.82, 2.24) is 29.6 Å². The number of nitrogens with one attached hydrogen (secondary N) is 1. The quantitative estimate of drug-likeness (QED) is 0.373. The first kappa shape index (κ1) is 22.8. The summed E-state index contributed by atoms with van der Waals surface area (Å²) >= 11 is 3.27. The van der Waals surface area contributed by atoms with Gasteiger partial charge in [-0.05, 0) is 49.4 Å². The zero-order chi connectivity index (χ0) is 23.7. The molecule has 0 saturated heterocycles. The predicted octanol–water partition coefficient (Wildman–Crippen LogP) is 3.90. The predicted molar refractivity (Wildman–Crippen MR) is 136 cm³/mol. The van der Waals surface area contributed by atoms with E-state index in [9.17, 15) is 9.59 Å². The lowest BCUT2D eigenvalue weighted by atomic mass is 10.1. The average Bonchev–Trinajstić information content (AvgIpc) is 3.58. The van der Waals surface area contributed by atoms with Crippen LogP contribution in [0.25, 0.3) is 15.9 Å². The molecule has 5 rings (SSSR count). The summed E-state index contributed by atoms with van der Waals surface area (Å²) in [5.74, 6) is 2.03. The average molecular weight is 495 g/mol. The Balaban J connectivity index is 1.13. The molecule has 3 aromatic heterocycles. The lowest BCUT2D eigenvalue weighted by molar-refractivity contribution is -0.131. The number of benzene rings is 1. The van der Waals surface area contributed by atoms with Gasteiger partial charge >= 0.3 is 0 Å². The van der Waals surface area contributed by atoms with Gasteiger partial charge in [0.05, 0.1) is 22.9 Å². The molecule has 0 aliphatic heterocycles. The summed E-state index contributed by atoms with van der Waals surface area (Å²) < 4.78 is 1.70. The number of hydrogen-bond acceptors (Lipinski definition) is 7. The van der Waals surface area contributed by atoms with Gasteiger partial charge in [-0.2, -0.15) is 16.9 Å². The molecule has 1 aliphatic rings. The van der Waals surface area contributed by atoms with E-state index in [1.165, 1.54) is 16.8 Å². The van der Waals surface area contributed by atoms with Gasteiger partial charge in [-0.15, -0.1) is 11.3 Å². The van der Waals surface area contributed by atoms with Crippen LogP contribution in [0.1, 0.15) is 47.6 Å². The number of rotatable bonds is 8. The first-order chi connectivity index (χ1) is 16.5. The number of carbonyl (C=O) groups excluding carboxylic acids is 1. The Kier molecular flexibility index (Phi) is 6.51. The number of nitrogens with zero attached hydrogens (tertiary/aromatic N) is 5. The van der Waals surface area contributed by atoms with Crippen LogP contribution < -0.4 is 5.56 Å². The number of aromatic amines is 1. The molecule has 1 atom stereocenters. The van der Waals surface area contributed by atoms with Crippen molar-refractivity contribution in [1.29, 1.82) is 0 Å². The van der Waals surface area contributed by atoms with E-state index in [2.05, 4.69) is 20.1 Å². The maximum Gasteiger partial charge on any atom is 0.259 e. The monoisotopic (exact) mass is 494 g/mol. The van der Waals surface area contributed by atoms with Crippen LogP contribution in [0.5, 0.6) is 0 Å². The Hall–Kier alpha value is -2.98. The van der Waals surface area contributed by atoms with Crippen molar-refractivity contribution in [2.24, 2.45) is 0 Å². The number of hydrogen-bond donors (Lipinski definition) is 1. The number of aromatic nitrogens is 5. The van der Waals surface area contributed by atoms with Gasteiger partial charge in [0.25, 0.3) is 5.56 Å². The van der Waals surface area contributed by atoms with Gasteiger partial charge in [-0.25, -0.2) is 14.6 Å². The second kappa shape index (κ2) is 9.71. The molecule has 1 N–H and O–H groups in total. The summed E-state index contributed by atoms with van der Waals surface area (Å²) in [6.45, 7) is 2.03. The molecule has 0 saturated carbocycles. The highest BCUT2D eigenvalue weighted by molar-refractivity contribution is 7.98.